The quantitative estimate of drug-likeness (QED) is 0.727. The van der Waals surface area contributed by atoms with E-state index in [0.29, 0.717) is 5.92 Å². The van der Waals surface area contributed by atoms with E-state index in [-0.39, 0.29) is 6.61 Å². The fourth-order valence-corrected chi connectivity index (χ4v) is 1.14. The van der Waals surface area contributed by atoms with E-state index in [1.54, 1.807) is 0 Å². The van der Waals surface area contributed by atoms with Crippen LogP contribution in [-0.2, 0) is 6.61 Å². The lowest BCUT2D eigenvalue weighted by Crippen LogP contribution is -1.98. The van der Waals surface area contributed by atoms with Crippen molar-refractivity contribution >= 4 is 0 Å². The summed E-state index contributed by atoms with van der Waals surface area (Å²) < 4.78 is 0. The minimum absolute atomic E-state index is 0.0292. The first-order chi connectivity index (χ1) is 5.63. The van der Waals surface area contributed by atoms with Crippen LogP contribution in [0.2, 0.25) is 0 Å². The van der Waals surface area contributed by atoms with Gasteiger partial charge in [0.05, 0.1) is 12.3 Å². The molecule has 2 heteroatoms. The van der Waals surface area contributed by atoms with Crippen molar-refractivity contribution in [1.82, 2.24) is 4.98 Å². The number of rotatable bonds is 2. The summed E-state index contributed by atoms with van der Waals surface area (Å²) in [5, 5.41) is 8.91. The lowest BCUT2D eigenvalue weighted by Gasteiger charge is -2.07. The first-order valence-electron chi connectivity index (χ1n) is 4.22. The molecule has 0 spiro atoms. The van der Waals surface area contributed by atoms with Crippen LogP contribution in [0.25, 0.3) is 0 Å². The zero-order valence-electron chi connectivity index (χ0n) is 7.83. The maximum atomic E-state index is 8.91. The molecular weight excluding hydrogens is 150 g/mol. The molecule has 0 fully saturated rings. The van der Waals surface area contributed by atoms with E-state index >= 15 is 0 Å². The molecule has 0 amide bonds. The average Bonchev–Trinajstić information content (AvgIpc) is 2.03. The second-order valence-corrected chi connectivity index (χ2v) is 3.37. The summed E-state index contributed by atoms with van der Waals surface area (Å²) in [4.78, 5) is 4.30. The Morgan fingerprint density at radius 2 is 2.08 bits per heavy atom. The van der Waals surface area contributed by atoms with E-state index < -0.39 is 0 Å². The molecule has 1 N–H and O–H groups in total. The highest BCUT2D eigenvalue weighted by atomic mass is 16.3. The van der Waals surface area contributed by atoms with Crippen molar-refractivity contribution in [3.8, 4) is 0 Å². The molecule has 2 nitrogen and oxygen atoms in total. The molecule has 0 aliphatic rings. The van der Waals surface area contributed by atoms with Gasteiger partial charge < -0.3 is 5.11 Å². The second-order valence-electron chi connectivity index (χ2n) is 3.37. The van der Waals surface area contributed by atoms with Gasteiger partial charge in [-0.3, -0.25) is 4.98 Å². The maximum absolute atomic E-state index is 8.91. The molecule has 1 rings (SSSR count). The molecule has 1 aromatic rings. The van der Waals surface area contributed by atoms with Crippen LogP contribution in [-0.4, -0.2) is 10.1 Å². The van der Waals surface area contributed by atoms with Crippen LogP contribution in [0.4, 0.5) is 0 Å². The van der Waals surface area contributed by atoms with Gasteiger partial charge in [-0.25, -0.2) is 0 Å². The Balaban J connectivity index is 3.06. The van der Waals surface area contributed by atoms with E-state index in [1.807, 2.05) is 13.0 Å². The third-order valence-corrected chi connectivity index (χ3v) is 1.80. The third kappa shape index (κ3) is 2.05. The van der Waals surface area contributed by atoms with Crippen LogP contribution < -0.4 is 0 Å². The molecule has 0 unspecified atom stereocenters. The highest BCUT2D eigenvalue weighted by Gasteiger charge is 2.02. The largest absolute Gasteiger partial charge is 0.390 e. The molecule has 0 aliphatic heterocycles. The van der Waals surface area contributed by atoms with Gasteiger partial charge in [-0.2, -0.15) is 0 Å². The topological polar surface area (TPSA) is 33.1 Å². The zero-order valence-corrected chi connectivity index (χ0v) is 7.83. The van der Waals surface area contributed by atoms with Crippen molar-refractivity contribution in [2.45, 2.75) is 33.3 Å². The molecule has 1 heterocycles. The molecule has 0 aliphatic carbocycles. The highest BCUT2D eigenvalue weighted by Crippen LogP contribution is 2.14. The molecule has 66 valence electrons. The van der Waals surface area contributed by atoms with Crippen LogP contribution in [0, 0.1) is 6.92 Å². The lowest BCUT2D eigenvalue weighted by atomic mass is 10.1. The Kier molecular flexibility index (Phi) is 2.82. The maximum Gasteiger partial charge on any atom is 0.0853 e. The van der Waals surface area contributed by atoms with Gasteiger partial charge in [0.1, 0.15) is 0 Å². The summed E-state index contributed by atoms with van der Waals surface area (Å²) in [6.45, 7) is 6.25. The van der Waals surface area contributed by atoms with Crippen molar-refractivity contribution in [3.63, 3.8) is 0 Å². The van der Waals surface area contributed by atoms with E-state index in [4.69, 9.17) is 5.11 Å². The number of aliphatic hydroxyl groups is 1. The fraction of sp³-hybridized carbons (Fsp3) is 0.500. The van der Waals surface area contributed by atoms with Gasteiger partial charge >= 0.3 is 0 Å². The zero-order chi connectivity index (χ0) is 9.14. The summed E-state index contributed by atoms with van der Waals surface area (Å²) in [7, 11) is 0. The monoisotopic (exact) mass is 165 g/mol. The van der Waals surface area contributed by atoms with Crippen LogP contribution in [0.15, 0.2) is 12.1 Å². The number of aryl methyl sites for hydroxylation is 1. The molecule has 0 atom stereocenters. The van der Waals surface area contributed by atoms with Crippen molar-refractivity contribution in [1.29, 1.82) is 0 Å². The average molecular weight is 165 g/mol. The summed E-state index contributed by atoms with van der Waals surface area (Å²) >= 11 is 0. The Hall–Kier alpha value is -0.890. The van der Waals surface area contributed by atoms with Crippen LogP contribution >= 0.6 is 0 Å². The van der Waals surface area contributed by atoms with Gasteiger partial charge in [-0.05, 0) is 30.5 Å². The molecular formula is C10H15NO. The number of pyridine rings is 1. The van der Waals surface area contributed by atoms with E-state index in [0.717, 1.165) is 17.0 Å². The van der Waals surface area contributed by atoms with Gasteiger partial charge in [0, 0.05) is 5.69 Å². The SMILES string of the molecule is Cc1cc(CO)nc(C(C)C)c1. The van der Waals surface area contributed by atoms with Gasteiger partial charge in [-0.1, -0.05) is 13.8 Å². The third-order valence-electron chi connectivity index (χ3n) is 1.80. The van der Waals surface area contributed by atoms with Gasteiger partial charge in [-0.15, -0.1) is 0 Å². The first kappa shape index (κ1) is 9.20. The van der Waals surface area contributed by atoms with E-state index in [9.17, 15) is 0 Å². The van der Waals surface area contributed by atoms with Gasteiger partial charge in [0.2, 0.25) is 0 Å². The minimum Gasteiger partial charge on any atom is -0.390 e. The Morgan fingerprint density at radius 1 is 1.42 bits per heavy atom. The number of aromatic nitrogens is 1. The van der Waals surface area contributed by atoms with Gasteiger partial charge in [0.25, 0.3) is 0 Å². The van der Waals surface area contributed by atoms with E-state index in [2.05, 4.69) is 24.9 Å². The van der Waals surface area contributed by atoms with Crippen molar-refractivity contribution in [3.05, 3.63) is 29.1 Å². The van der Waals surface area contributed by atoms with Crippen LogP contribution in [0.5, 0.6) is 0 Å². The molecule has 12 heavy (non-hydrogen) atoms. The first-order valence-corrected chi connectivity index (χ1v) is 4.22. The molecule has 0 saturated heterocycles. The second kappa shape index (κ2) is 3.68. The highest BCUT2D eigenvalue weighted by molar-refractivity contribution is 5.21. The number of nitrogens with zero attached hydrogens (tertiary/aromatic N) is 1. The summed E-state index contributed by atoms with van der Waals surface area (Å²) in [5.41, 5.74) is 2.98. The van der Waals surface area contributed by atoms with Crippen LogP contribution in [0.1, 0.15) is 36.7 Å². The predicted molar refractivity (Wildman–Crippen MR) is 49.0 cm³/mol. The number of hydrogen-bond acceptors (Lipinski definition) is 2. The van der Waals surface area contributed by atoms with Crippen molar-refractivity contribution in [2.75, 3.05) is 0 Å². The minimum atomic E-state index is 0.0292. The Labute approximate surface area is 73.3 Å². The predicted octanol–water partition coefficient (Wildman–Crippen LogP) is 2.01. The van der Waals surface area contributed by atoms with Gasteiger partial charge in [0.15, 0.2) is 0 Å². The Morgan fingerprint density at radius 3 is 2.58 bits per heavy atom. The normalized spacial score (nSPS) is 10.8. The molecule has 0 bridgehead atoms. The summed E-state index contributed by atoms with van der Waals surface area (Å²) in [5.74, 6) is 0.426. The summed E-state index contributed by atoms with van der Waals surface area (Å²) in [6.07, 6.45) is 0. The molecule has 0 saturated carbocycles. The fourth-order valence-electron chi connectivity index (χ4n) is 1.14. The molecule has 0 aromatic carbocycles. The smallest absolute Gasteiger partial charge is 0.0853 e. The summed E-state index contributed by atoms with van der Waals surface area (Å²) in [6, 6.07) is 3.97. The molecule has 1 aromatic heterocycles. The van der Waals surface area contributed by atoms with Crippen molar-refractivity contribution < 1.29 is 5.11 Å². The standard InChI is InChI=1S/C10H15NO/c1-7(2)10-5-8(3)4-9(6-12)11-10/h4-5,7,12H,6H2,1-3H3. The van der Waals surface area contributed by atoms with Crippen LogP contribution in [0.3, 0.4) is 0 Å². The van der Waals surface area contributed by atoms with E-state index in [1.165, 1.54) is 0 Å². The number of hydrogen-bond donors (Lipinski definition) is 1. The Bertz CT molecular complexity index is 269. The lowest BCUT2D eigenvalue weighted by molar-refractivity contribution is 0.276. The molecule has 0 radical (unpaired) electrons. The number of aliphatic hydroxyl groups excluding tert-OH is 1. The van der Waals surface area contributed by atoms with Crippen molar-refractivity contribution in [2.24, 2.45) is 0 Å².